The standard InChI is InChI=1S/C15H22N2O3S/c1-11-8-12(2)10-17(9-11)15(18)13-6-4-5-7-14(13)16-21(3,19)20/h4-7,11-12,16H,8-10H2,1-3H3. The normalized spacial score (nSPS) is 22.9. The van der Waals surface area contributed by atoms with Crippen molar-refractivity contribution in [1.82, 2.24) is 4.90 Å². The van der Waals surface area contributed by atoms with Crippen molar-refractivity contribution < 1.29 is 13.2 Å². The van der Waals surface area contributed by atoms with Gasteiger partial charge in [-0.25, -0.2) is 8.42 Å². The van der Waals surface area contributed by atoms with Crippen LogP contribution < -0.4 is 4.72 Å². The third kappa shape index (κ3) is 4.20. The average molecular weight is 310 g/mol. The lowest BCUT2D eigenvalue weighted by Gasteiger charge is -2.35. The molecule has 1 aromatic carbocycles. The van der Waals surface area contributed by atoms with Gasteiger partial charge in [-0.1, -0.05) is 26.0 Å². The van der Waals surface area contributed by atoms with Crippen LogP contribution in [0.25, 0.3) is 0 Å². The molecule has 6 heteroatoms. The first-order chi connectivity index (χ1) is 9.76. The summed E-state index contributed by atoms with van der Waals surface area (Å²) in [7, 11) is -3.41. The van der Waals surface area contributed by atoms with Gasteiger partial charge in [0.05, 0.1) is 17.5 Å². The lowest BCUT2D eigenvalue weighted by atomic mass is 9.91. The zero-order valence-corrected chi connectivity index (χ0v) is 13.5. The highest BCUT2D eigenvalue weighted by molar-refractivity contribution is 7.92. The molecule has 2 rings (SSSR count). The van der Waals surface area contributed by atoms with Crippen LogP contribution in [0.15, 0.2) is 24.3 Å². The van der Waals surface area contributed by atoms with Gasteiger partial charge in [0.1, 0.15) is 0 Å². The monoisotopic (exact) mass is 310 g/mol. The lowest BCUT2D eigenvalue weighted by molar-refractivity contribution is 0.0624. The van der Waals surface area contributed by atoms with E-state index in [0.717, 1.165) is 25.8 Å². The average Bonchev–Trinajstić information content (AvgIpc) is 2.35. The Balaban J connectivity index is 2.27. The second-order valence-electron chi connectivity index (χ2n) is 6.08. The number of para-hydroxylation sites is 1. The van der Waals surface area contributed by atoms with Crippen LogP contribution in [0.2, 0.25) is 0 Å². The minimum Gasteiger partial charge on any atom is -0.338 e. The fraction of sp³-hybridized carbons (Fsp3) is 0.533. The quantitative estimate of drug-likeness (QED) is 0.930. The molecule has 1 heterocycles. The lowest BCUT2D eigenvalue weighted by Crippen LogP contribution is -2.42. The summed E-state index contributed by atoms with van der Waals surface area (Å²) in [5.41, 5.74) is 0.750. The van der Waals surface area contributed by atoms with Crippen molar-refractivity contribution in [3.63, 3.8) is 0 Å². The van der Waals surface area contributed by atoms with Crippen LogP contribution in [0, 0.1) is 11.8 Å². The van der Waals surface area contributed by atoms with Gasteiger partial charge in [-0.15, -0.1) is 0 Å². The molecule has 1 saturated heterocycles. The Morgan fingerprint density at radius 3 is 2.33 bits per heavy atom. The van der Waals surface area contributed by atoms with Gasteiger partial charge in [0, 0.05) is 13.1 Å². The van der Waals surface area contributed by atoms with E-state index in [1.807, 2.05) is 4.90 Å². The molecule has 0 radical (unpaired) electrons. The van der Waals surface area contributed by atoms with Gasteiger partial charge in [0.2, 0.25) is 10.0 Å². The maximum Gasteiger partial charge on any atom is 0.256 e. The minimum atomic E-state index is -3.41. The minimum absolute atomic E-state index is 0.111. The van der Waals surface area contributed by atoms with E-state index < -0.39 is 10.0 Å². The molecule has 0 aromatic heterocycles. The van der Waals surface area contributed by atoms with Crippen LogP contribution in [0.1, 0.15) is 30.6 Å². The largest absolute Gasteiger partial charge is 0.338 e. The predicted molar refractivity (Wildman–Crippen MR) is 83.8 cm³/mol. The Morgan fingerprint density at radius 2 is 1.76 bits per heavy atom. The molecule has 1 N–H and O–H groups in total. The molecule has 1 amide bonds. The zero-order chi connectivity index (χ0) is 15.6. The molecule has 0 bridgehead atoms. The summed E-state index contributed by atoms with van der Waals surface area (Å²) >= 11 is 0. The number of hydrogen-bond donors (Lipinski definition) is 1. The highest BCUT2D eigenvalue weighted by atomic mass is 32.2. The zero-order valence-electron chi connectivity index (χ0n) is 12.7. The Kier molecular flexibility index (Phi) is 4.56. The summed E-state index contributed by atoms with van der Waals surface area (Å²) in [5.74, 6) is 0.820. The maximum atomic E-state index is 12.7. The van der Waals surface area contributed by atoms with Crippen LogP contribution >= 0.6 is 0 Å². The van der Waals surface area contributed by atoms with Crippen LogP contribution in [-0.2, 0) is 10.0 Å². The predicted octanol–water partition coefficient (Wildman–Crippen LogP) is 2.18. The smallest absolute Gasteiger partial charge is 0.256 e. The number of carbonyl (C=O) groups excluding carboxylic acids is 1. The van der Waals surface area contributed by atoms with Gasteiger partial charge < -0.3 is 4.90 Å². The number of amides is 1. The molecule has 0 spiro atoms. The molecule has 1 aliphatic rings. The van der Waals surface area contributed by atoms with Crippen molar-refractivity contribution in [2.24, 2.45) is 11.8 Å². The summed E-state index contributed by atoms with van der Waals surface area (Å²) in [6, 6.07) is 6.74. The molecule has 2 unspecified atom stereocenters. The van der Waals surface area contributed by atoms with Crippen molar-refractivity contribution in [3.8, 4) is 0 Å². The van der Waals surface area contributed by atoms with Crippen molar-refractivity contribution >= 4 is 21.6 Å². The van der Waals surface area contributed by atoms with Crippen molar-refractivity contribution in [2.45, 2.75) is 20.3 Å². The van der Waals surface area contributed by atoms with Crippen LogP contribution in [0.3, 0.4) is 0 Å². The van der Waals surface area contributed by atoms with Gasteiger partial charge in [-0.05, 0) is 30.4 Å². The van der Waals surface area contributed by atoms with E-state index in [1.165, 1.54) is 0 Å². The number of sulfonamides is 1. The number of nitrogens with zero attached hydrogens (tertiary/aromatic N) is 1. The molecular formula is C15H22N2O3S. The Morgan fingerprint density at radius 1 is 1.19 bits per heavy atom. The summed E-state index contributed by atoms with van der Waals surface area (Å²) in [5, 5.41) is 0. The highest BCUT2D eigenvalue weighted by Crippen LogP contribution is 2.25. The van der Waals surface area contributed by atoms with Gasteiger partial charge in [-0.3, -0.25) is 9.52 Å². The number of hydrogen-bond acceptors (Lipinski definition) is 3. The fourth-order valence-corrected chi connectivity index (χ4v) is 3.53. The van der Waals surface area contributed by atoms with Crippen molar-refractivity contribution in [1.29, 1.82) is 0 Å². The van der Waals surface area contributed by atoms with E-state index in [9.17, 15) is 13.2 Å². The van der Waals surface area contributed by atoms with Gasteiger partial charge in [-0.2, -0.15) is 0 Å². The molecule has 5 nitrogen and oxygen atoms in total. The Hall–Kier alpha value is -1.56. The number of likely N-dealkylation sites (tertiary alicyclic amines) is 1. The summed E-state index contributed by atoms with van der Waals surface area (Å²) in [4.78, 5) is 14.5. The molecular weight excluding hydrogens is 288 g/mol. The van der Waals surface area contributed by atoms with E-state index in [4.69, 9.17) is 0 Å². The van der Waals surface area contributed by atoms with Crippen LogP contribution in [-0.4, -0.2) is 38.6 Å². The first-order valence-electron chi connectivity index (χ1n) is 7.12. The summed E-state index contributed by atoms with van der Waals surface area (Å²) in [6.45, 7) is 5.71. The first kappa shape index (κ1) is 15.8. The molecule has 116 valence electrons. The molecule has 1 fully saturated rings. The summed E-state index contributed by atoms with van der Waals surface area (Å²) < 4.78 is 25.3. The molecule has 1 aromatic rings. The van der Waals surface area contributed by atoms with Crippen LogP contribution in [0.4, 0.5) is 5.69 Å². The summed E-state index contributed by atoms with van der Waals surface area (Å²) in [6.07, 6.45) is 2.20. The third-order valence-electron chi connectivity index (χ3n) is 3.61. The number of anilines is 1. The number of carbonyl (C=O) groups is 1. The van der Waals surface area contributed by atoms with E-state index in [1.54, 1.807) is 24.3 Å². The van der Waals surface area contributed by atoms with Crippen molar-refractivity contribution in [3.05, 3.63) is 29.8 Å². The van der Waals surface area contributed by atoms with Crippen molar-refractivity contribution in [2.75, 3.05) is 24.1 Å². The topological polar surface area (TPSA) is 66.5 Å². The maximum absolute atomic E-state index is 12.7. The van der Waals surface area contributed by atoms with E-state index >= 15 is 0 Å². The number of rotatable bonds is 3. The first-order valence-corrected chi connectivity index (χ1v) is 9.01. The number of piperidine rings is 1. The molecule has 0 aliphatic carbocycles. The fourth-order valence-electron chi connectivity index (χ4n) is 2.96. The number of nitrogens with one attached hydrogen (secondary N) is 1. The molecule has 21 heavy (non-hydrogen) atoms. The number of benzene rings is 1. The van der Waals surface area contributed by atoms with Gasteiger partial charge in [0.15, 0.2) is 0 Å². The molecule has 1 aliphatic heterocycles. The van der Waals surface area contributed by atoms with Gasteiger partial charge >= 0.3 is 0 Å². The molecule has 2 atom stereocenters. The van der Waals surface area contributed by atoms with E-state index in [2.05, 4.69) is 18.6 Å². The third-order valence-corrected chi connectivity index (χ3v) is 4.20. The Bertz CT molecular complexity index is 618. The SMILES string of the molecule is CC1CC(C)CN(C(=O)c2ccccc2NS(C)(=O)=O)C1. The molecule has 0 saturated carbocycles. The van der Waals surface area contributed by atoms with Crippen LogP contribution in [0.5, 0.6) is 0 Å². The second-order valence-corrected chi connectivity index (χ2v) is 7.82. The van der Waals surface area contributed by atoms with E-state index in [0.29, 0.717) is 23.1 Å². The Labute approximate surface area is 126 Å². The van der Waals surface area contributed by atoms with E-state index in [-0.39, 0.29) is 5.91 Å². The van der Waals surface area contributed by atoms with Gasteiger partial charge in [0.25, 0.3) is 5.91 Å². The second kappa shape index (κ2) is 6.05. The highest BCUT2D eigenvalue weighted by Gasteiger charge is 2.27.